The summed E-state index contributed by atoms with van der Waals surface area (Å²) >= 11 is 6.07. The number of ether oxygens (including phenoxy) is 1. The van der Waals surface area contributed by atoms with Gasteiger partial charge in [-0.05, 0) is 26.2 Å². The Morgan fingerprint density at radius 3 is 2.88 bits per heavy atom. The fourth-order valence-electron chi connectivity index (χ4n) is 3.01. The van der Waals surface area contributed by atoms with Gasteiger partial charge in [0.05, 0.1) is 11.6 Å². The van der Waals surface area contributed by atoms with Crippen molar-refractivity contribution in [1.29, 1.82) is 0 Å². The number of aliphatic hydroxyl groups is 1. The Labute approximate surface area is 156 Å². The number of aromatic nitrogens is 2. The van der Waals surface area contributed by atoms with Crippen molar-refractivity contribution < 1.29 is 24.5 Å². The minimum atomic E-state index is -0.731. The van der Waals surface area contributed by atoms with Crippen molar-refractivity contribution in [2.75, 3.05) is 24.6 Å². The lowest BCUT2D eigenvalue weighted by atomic mass is 9.95. The average Bonchev–Trinajstić information content (AvgIpc) is 2.98. The van der Waals surface area contributed by atoms with Crippen LogP contribution in [0.25, 0.3) is 0 Å². The van der Waals surface area contributed by atoms with E-state index in [-0.39, 0.29) is 24.4 Å². The summed E-state index contributed by atoms with van der Waals surface area (Å²) in [7, 11) is 0. The van der Waals surface area contributed by atoms with E-state index in [4.69, 9.17) is 26.2 Å². The highest BCUT2D eigenvalue weighted by Gasteiger charge is 2.29. The van der Waals surface area contributed by atoms with Crippen LogP contribution in [-0.4, -0.2) is 63.9 Å². The molecule has 10 heteroatoms. The molecule has 2 fully saturated rings. The molecule has 0 spiro atoms. The van der Waals surface area contributed by atoms with Crippen LogP contribution in [0.2, 0.25) is 5.15 Å². The number of nitrogens with one attached hydrogen (secondary N) is 1. The summed E-state index contributed by atoms with van der Waals surface area (Å²) in [6, 6.07) is 1.86. The number of hydrogen-bond acceptors (Lipinski definition) is 7. The molecule has 144 valence electrons. The number of carbonyl (C=O) groups excluding carboxylic acids is 1. The molecule has 9 nitrogen and oxygen atoms in total. The summed E-state index contributed by atoms with van der Waals surface area (Å²) in [6.45, 7) is 3.20. The lowest BCUT2D eigenvalue weighted by Gasteiger charge is -2.37. The smallest absolute Gasteiger partial charge is 0.319 e. The Morgan fingerprint density at radius 2 is 2.27 bits per heavy atom. The first-order valence-corrected chi connectivity index (χ1v) is 8.73. The molecule has 2 saturated heterocycles. The number of halogens is 1. The van der Waals surface area contributed by atoms with Crippen LogP contribution in [0.4, 0.5) is 5.82 Å². The first-order valence-electron chi connectivity index (χ1n) is 8.35. The Morgan fingerprint density at radius 1 is 1.54 bits per heavy atom. The summed E-state index contributed by atoms with van der Waals surface area (Å²) in [5.74, 6) is 0.692. The van der Waals surface area contributed by atoms with E-state index in [1.807, 2.05) is 11.8 Å². The standard InChI is InChI=1S/C15H21ClN4O3.CH2O2/c1-15(22)5-2-6-20(9-15)12-7-11(16)18-14(19-12)23-8-10-3-4-13(21)17-10;2-1-3/h7,10,22H,2-6,8-9H2,1H3,(H,17,21);1H,(H,2,3)/t10-,15+;/m0./s1. The maximum Gasteiger partial charge on any atom is 0.319 e. The molecular formula is C16H23ClN4O5. The van der Waals surface area contributed by atoms with E-state index in [0.717, 1.165) is 25.8 Å². The number of carbonyl (C=O) groups is 2. The zero-order chi connectivity index (χ0) is 19.2. The van der Waals surface area contributed by atoms with Crippen LogP contribution in [0.15, 0.2) is 6.07 Å². The highest BCUT2D eigenvalue weighted by molar-refractivity contribution is 6.29. The Hall–Kier alpha value is -2.13. The fourth-order valence-corrected chi connectivity index (χ4v) is 3.17. The molecular weight excluding hydrogens is 364 g/mol. The number of amides is 1. The van der Waals surface area contributed by atoms with Gasteiger partial charge in [-0.15, -0.1) is 0 Å². The monoisotopic (exact) mass is 386 g/mol. The van der Waals surface area contributed by atoms with Crippen molar-refractivity contribution in [2.45, 2.75) is 44.2 Å². The first-order chi connectivity index (χ1) is 12.3. The van der Waals surface area contributed by atoms with E-state index in [2.05, 4.69) is 15.3 Å². The zero-order valence-electron chi connectivity index (χ0n) is 14.5. The first kappa shape index (κ1) is 20.2. The predicted octanol–water partition coefficient (Wildman–Crippen LogP) is 0.839. The molecule has 1 amide bonds. The normalized spacial score (nSPS) is 25.1. The highest BCUT2D eigenvalue weighted by atomic mass is 35.5. The van der Waals surface area contributed by atoms with Crippen LogP contribution in [-0.2, 0) is 9.59 Å². The van der Waals surface area contributed by atoms with E-state index < -0.39 is 5.60 Å². The maximum absolute atomic E-state index is 11.2. The molecule has 2 atom stereocenters. The van der Waals surface area contributed by atoms with Crippen LogP contribution in [0.3, 0.4) is 0 Å². The molecule has 0 bridgehead atoms. The van der Waals surface area contributed by atoms with Gasteiger partial charge in [0, 0.05) is 25.6 Å². The second-order valence-electron chi connectivity index (χ2n) is 6.57. The van der Waals surface area contributed by atoms with E-state index in [9.17, 15) is 9.90 Å². The van der Waals surface area contributed by atoms with Gasteiger partial charge in [0.15, 0.2) is 0 Å². The van der Waals surface area contributed by atoms with Gasteiger partial charge >= 0.3 is 6.01 Å². The molecule has 0 aliphatic carbocycles. The number of rotatable bonds is 4. The summed E-state index contributed by atoms with van der Waals surface area (Å²) in [4.78, 5) is 30.0. The molecule has 26 heavy (non-hydrogen) atoms. The molecule has 0 radical (unpaired) electrons. The summed E-state index contributed by atoms with van der Waals surface area (Å²) in [5, 5.41) is 20.2. The molecule has 3 N–H and O–H groups in total. The van der Waals surface area contributed by atoms with Crippen LogP contribution < -0.4 is 15.0 Å². The summed E-state index contributed by atoms with van der Waals surface area (Å²) in [6.07, 6.45) is 2.94. The van der Waals surface area contributed by atoms with Gasteiger partial charge in [-0.2, -0.15) is 9.97 Å². The quantitative estimate of drug-likeness (QED) is 0.513. The lowest BCUT2D eigenvalue weighted by molar-refractivity contribution is -0.123. The van der Waals surface area contributed by atoms with Gasteiger partial charge in [0.25, 0.3) is 6.47 Å². The minimum absolute atomic E-state index is 0.00995. The molecule has 1 aromatic heterocycles. The van der Waals surface area contributed by atoms with Crippen molar-refractivity contribution in [2.24, 2.45) is 0 Å². The second kappa shape index (κ2) is 9.00. The molecule has 3 rings (SSSR count). The van der Waals surface area contributed by atoms with Crippen molar-refractivity contribution >= 4 is 29.8 Å². The third-order valence-corrected chi connectivity index (χ3v) is 4.35. The van der Waals surface area contributed by atoms with Crippen molar-refractivity contribution in [3.8, 4) is 6.01 Å². The highest BCUT2D eigenvalue weighted by Crippen LogP contribution is 2.27. The lowest BCUT2D eigenvalue weighted by Crippen LogP contribution is -2.46. The largest absolute Gasteiger partial charge is 0.483 e. The van der Waals surface area contributed by atoms with Crippen LogP contribution in [0.5, 0.6) is 6.01 Å². The molecule has 3 heterocycles. The molecule has 0 aromatic carbocycles. The van der Waals surface area contributed by atoms with Gasteiger partial charge in [0.1, 0.15) is 17.6 Å². The van der Waals surface area contributed by atoms with E-state index in [0.29, 0.717) is 30.5 Å². The van der Waals surface area contributed by atoms with Crippen molar-refractivity contribution in [1.82, 2.24) is 15.3 Å². The molecule has 2 aliphatic rings. The van der Waals surface area contributed by atoms with E-state index >= 15 is 0 Å². The van der Waals surface area contributed by atoms with Crippen LogP contribution in [0, 0.1) is 0 Å². The topological polar surface area (TPSA) is 125 Å². The van der Waals surface area contributed by atoms with Gasteiger partial charge in [-0.1, -0.05) is 11.6 Å². The van der Waals surface area contributed by atoms with Crippen LogP contribution >= 0.6 is 11.6 Å². The molecule has 2 aliphatic heterocycles. The van der Waals surface area contributed by atoms with Gasteiger partial charge in [-0.3, -0.25) is 9.59 Å². The number of carboxylic acid groups (broad SMARTS) is 1. The fraction of sp³-hybridized carbons (Fsp3) is 0.625. The second-order valence-corrected chi connectivity index (χ2v) is 6.96. The SMILES string of the molecule is C[C@@]1(O)CCCN(c2cc(Cl)nc(OC[C@@H]3CCC(=O)N3)n2)C1.O=CO. The molecule has 0 unspecified atom stereocenters. The molecule has 0 saturated carbocycles. The number of piperidine rings is 1. The zero-order valence-corrected chi connectivity index (χ0v) is 15.3. The minimum Gasteiger partial charge on any atom is -0.483 e. The average molecular weight is 387 g/mol. The van der Waals surface area contributed by atoms with Crippen molar-refractivity contribution in [3.05, 3.63) is 11.2 Å². The Bertz CT molecular complexity index is 643. The van der Waals surface area contributed by atoms with Gasteiger partial charge in [0.2, 0.25) is 5.91 Å². The third-order valence-electron chi connectivity index (χ3n) is 4.16. The summed E-state index contributed by atoms with van der Waals surface area (Å²) < 4.78 is 5.59. The van der Waals surface area contributed by atoms with E-state index in [1.165, 1.54) is 0 Å². The maximum atomic E-state index is 11.2. The van der Waals surface area contributed by atoms with Gasteiger partial charge in [-0.25, -0.2) is 0 Å². The predicted molar refractivity (Wildman–Crippen MR) is 94.5 cm³/mol. The van der Waals surface area contributed by atoms with Crippen molar-refractivity contribution in [3.63, 3.8) is 0 Å². The van der Waals surface area contributed by atoms with Gasteiger partial charge < -0.3 is 25.2 Å². The van der Waals surface area contributed by atoms with E-state index in [1.54, 1.807) is 6.07 Å². The number of anilines is 1. The number of β-amino-alcohol motifs (C(OH)–C–C–N with tert-alkyl or cyclic N) is 1. The summed E-state index contributed by atoms with van der Waals surface area (Å²) in [5.41, 5.74) is -0.731. The number of nitrogens with zero attached hydrogens (tertiary/aromatic N) is 3. The number of hydrogen-bond donors (Lipinski definition) is 3. The Kier molecular flexibility index (Phi) is 6.98. The Balaban J connectivity index is 0.000000758. The molecule has 1 aromatic rings. The van der Waals surface area contributed by atoms with Crippen LogP contribution in [0.1, 0.15) is 32.6 Å². The third kappa shape index (κ3) is 5.99.